The van der Waals surface area contributed by atoms with Gasteiger partial charge in [0.05, 0.1) is 58.5 Å². The van der Waals surface area contributed by atoms with Crippen LogP contribution in [0.5, 0.6) is 23.0 Å². The molecule has 2 heterocycles. The van der Waals surface area contributed by atoms with Gasteiger partial charge >= 0.3 is 20.2 Å². The van der Waals surface area contributed by atoms with Crippen LogP contribution in [-0.2, 0) is 66.7 Å². The molecule has 2 aliphatic rings. The molecular weight excluding hydrogens is 1350 g/mol. The number of rotatable bonds is 26. The molecule has 0 amide bonds. The number of ketones is 2. The summed E-state index contributed by atoms with van der Waals surface area (Å²) in [5, 5.41) is 2.89. The molecule has 0 radical (unpaired) electrons. The van der Waals surface area contributed by atoms with Crippen molar-refractivity contribution in [2.45, 2.75) is 98.0 Å². The highest BCUT2D eigenvalue weighted by Gasteiger charge is 2.30. The quantitative estimate of drug-likeness (QED) is 0.0361. The second-order valence-electron chi connectivity index (χ2n) is 22.0. The Hall–Kier alpha value is -6.06. The highest BCUT2D eigenvalue weighted by molar-refractivity contribution is 7.87. The molecule has 2 fully saturated rings. The van der Waals surface area contributed by atoms with E-state index in [0.29, 0.717) is 75.2 Å². The summed E-state index contributed by atoms with van der Waals surface area (Å²) in [6.07, 6.45) is 3.79. The van der Waals surface area contributed by atoms with Gasteiger partial charge in [0.25, 0.3) is 20.2 Å². The number of hydrogen-bond donors (Lipinski definition) is 0. The van der Waals surface area contributed by atoms with Crippen LogP contribution in [0.4, 0.5) is 0 Å². The molecule has 488 valence electrons. The number of hydrogen-bond acceptors (Lipinski definition) is 18. The largest absolute Gasteiger partial charge is 0.456 e. The van der Waals surface area contributed by atoms with Crippen LogP contribution in [0.2, 0.25) is 20.1 Å². The van der Waals surface area contributed by atoms with Crippen molar-refractivity contribution >= 4 is 120 Å². The van der Waals surface area contributed by atoms with Gasteiger partial charge in [0, 0.05) is 45.5 Å². The van der Waals surface area contributed by atoms with Gasteiger partial charge in [0.1, 0.15) is 32.8 Å². The molecule has 0 spiro atoms. The summed E-state index contributed by atoms with van der Waals surface area (Å²) in [6.45, 7) is 8.37. The van der Waals surface area contributed by atoms with Crippen LogP contribution in [0.3, 0.4) is 0 Å². The third kappa shape index (κ3) is 17.8. The van der Waals surface area contributed by atoms with Crippen molar-refractivity contribution in [1.29, 1.82) is 0 Å². The fourth-order valence-corrected chi connectivity index (χ4v) is 14.4. The van der Waals surface area contributed by atoms with Crippen LogP contribution in [0, 0.1) is 11.8 Å². The number of halogens is 4. The Labute approximate surface area is 555 Å². The van der Waals surface area contributed by atoms with Crippen molar-refractivity contribution < 1.29 is 78.9 Å². The molecule has 2 aliphatic heterocycles. The number of benzene rings is 8. The highest BCUT2D eigenvalue weighted by atomic mass is 35.5. The van der Waals surface area contributed by atoms with E-state index in [4.69, 9.17) is 82.1 Å². The molecule has 4 unspecified atom stereocenters. The number of carbonyl (C=O) groups is 2. The summed E-state index contributed by atoms with van der Waals surface area (Å²) >= 11 is 24.5. The molecule has 8 aromatic rings. The maximum Gasteiger partial charge on any atom is 0.300 e. The first-order valence-corrected chi connectivity index (χ1v) is 36.4. The Morgan fingerprint density at radius 3 is 1.23 bits per heavy atom. The normalized spacial score (nSPS) is 16.0. The van der Waals surface area contributed by atoms with Crippen molar-refractivity contribution in [3.8, 4) is 23.0 Å². The molecule has 0 aliphatic carbocycles. The highest BCUT2D eigenvalue weighted by Crippen LogP contribution is 2.39. The number of carbonyl (C=O) groups excluding carboxylic acids is 2. The van der Waals surface area contributed by atoms with E-state index in [1.807, 2.05) is 27.7 Å². The number of ether oxygens (including phenoxy) is 4. The molecule has 4 atom stereocenters. The Balaban J connectivity index is 0.000000218. The van der Waals surface area contributed by atoms with Crippen molar-refractivity contribution in [2.24, 2.45) is 11.8 Å². The van der Waals surface area contributed by atoms with Gasteiger partial charge in [-0.25, -0.2) is 0 Å². The molecule has 0 saturated carbocycles. The fraction of sp³-hybridized carbons (Fsp3) is 0.303. The van der Waals surface area contributed by atoms with E-state index in [-0.39, 0.29) is 126 Å². The molecule has 26 heteroatoms. The van der Waals surface area contributed by atoms with Gasteiger partial charge in [-0.15, -0.1) is 0 Å². The minimum absolute atomic E-state index is 0.0258. The lowest BCUT2D eigenvalue weighted by molar-refractivity contribution is 0.0700. The second kappa shape index (κ2) is 30.6. The lowest BCUT2D eigenvalue weighted by Gasteiger charge is -2.16. The van der Waals surface area contributed by atoms with Crippen LogP contribution in [0.1, 0.15) is 98.1 Å². The van der Waals surface area contributed by atoms with E-state index in [1.165, 1.54) is 127 Å². The number of fused-ring (bicyclic) bond motifs is 2. The fourth-order valence-electron chi connectivity index (χ4n) is 9.38. The maximum atomic E-state index is 13.6. The van der Waals surface area contributed by atoms with Gasteiger partial charge in [0.2, 0.25) is 0 Å². The predicted molar refractivity (Wildman–Crippen MR) is 350 cm³/mol. The van der Waals surface area contributed by atoms with Crippen LogP contribution in [-0.4, -0.2) is 97.1 Å². The maximum absolute atomic E-state index is 13.6. The van der Waals surface area contributed by atoms with Crippen LogP contribution < -0.4 is 9.47 Å². The monoisotopic (exact) mass is 1410 g/mol. The zero-order valence-electron chi connectivity index (χ0n) is 50.1. The Kier molecular flexibility index (Phi) is 23.3. The first-order valence-electron chi connectivity index (χ1n) is 29.2. The van der Waals surface area contributed by atoms with Gasteiger partial charge in [-0.3, -0.25) is 26.3 Å². The Morgan fingerprint density at radius 2 is 0.837 bits per heavy atom. The van der Waals surface area contributed by atoms with Crippen LogP contribution >= 0.6 is 46.4 Å². The molecule has 18 nitrogen and oxygen atoms in total. The third-order valence-corrected chi connectivity index (χ3v) is 21.5. The van der Waals surface area contributed by atoms with Crippen molar-refractivity contribution in [2.75, 3.05) is 39.6 Å². The minimum Gasteiger partial charge on any atom is -0.456 e. The van der Waals surface area contributed by atoms with Crippen molar-refractivity contribution in [1.82, 2.24) is 0 Å². The van der Waals surface area contributed by atoms with Gasteiger partial charge < -0.3 is 18.9 Å². The van der Waals surface area contributed by atoms with Gasteiger partial charge in [0.15, 0.2) is 11.6 Å². The lowest BCUT2D eigenvalue weighted by atomic mass is 10.0. The molecule has 0 N–H and O–H groups in total. The topological polar surface area (TPSA) is 245 Å². The van der Waals surface area contributed by atoms with E-state index in [0.717, 1.165) is 19.3 Å². The van der Waals surface area contributed by atoms with Crippen LogP contribution in [0.15, 0.2) is 165 Å². The molecule has 92 heavy (non-hydrogen) atoms. The van der Waals surface area contributed by atoms with Crippen molar-refractivity contribution in [3.63, 3.8) is 0 Å². The molecule has 2 saturated heterocycles. The second-order valence-corrected chi connectivity index (χ2v) is 30.1. The third-order valence-electron chi connectivity index (χ3n) is 15.2. The summed E-state index contributed by atoms with van der Waals surface area (Å²) in [7, 11) is -17.0. The predicted octanol–water partition coefficient (Wildman–Crippen LogP) is 15.6. The van der Waals surface area contributed by atoms with E-state index in [9.17, 15) is 43.3 Å². The van der Waals surface area contributed by atoms with E-state index >= 15 is 0 Å². The summed E-state index contributed by atoms with van der Waals surface area (Å²) in [6, 6.07) is 35.5. The SMILES string of the molecule is CCC(C)COS(=O)(=O)c1ccc2cc(Oc3ccc(C(=O)c4cc(Cl)ccc4Cl)cc3)c(S(=O)(=O)OCC(C)CC)cc2c1.O=C(c1ccc(Oc2cc3ccc(S(=O)(=O)OCC4CCCO4)cc3cc2S(=O)(=O)OCC2CCCO2)cc1)c1cc(Cl)ccc1Cl. The Bertz CT molecular complexity index is 4480. The zero-order valence-corrected chi connectivity index (χ0v) is 56.4. The van der Waals surface area contributed by atoms with Gasteiger partial charge in [-0.2, -0.15) is 33.7 Å². The molecule has 0 bridgehead atoms. The van der Waals surface area contributed by atoms with Gasteiger partial charge in [-0.1, -0.05) is 99.1 Å². The smallest absolute Gasteiger partial charge is 0.300 e. The lowest BCUT2D eigenvalue weighted by Crippen LogP contribution is -2.18. The zero-order chi connectivity index (χ0) is 66.1. The van der Waals surface area contributed by atoms with E-state index < -0.39 is 40.5 Å². The van der Waals surface area contributed by atoms with Crippen LogP contribution in [0.25, 0.3) is 21.5 Å². The molecule has 8 aromatic carbocycles. The summed E-state index contributed by atoms with van der Waals surface area (Å²) in [4.78, 5) is 25.3. The summed E-state index contributed by atoms with van der Waals surface area (Å²) in [5.74, 6) is -0.302. The molecular formula is C66H64Cl4O18S4. The van der Waals surface area contributed by atoms with Gasteiger partial charge in [-0.05, 0) is 193 Å². The molecule has 10 rings (SSSR count). The summed E-state index contributed by atoms with van der Waals surface area (Å²) < 4.78 is 150. The average Bonchev–Trinajstić information content (AvgIpc) is 0.854. The van der Waals surface area contributed by atoms with E-state index in [1.54, 1.807) is 18.2 Å². The first kappa shape index (κ1) is 70.3. The Morgan fingerprint density at radius 1 is 0.457 bits per heavy atom. The molecule has 0 aromatic heterocycles. The average molecular weight is 1420 g/mol. The summed E-state index contributed by atoms with van der Waals surface area (Å²) in [5.41, 5.74) is 1.10. The van der Waals surface area contributed by atoms with E-state index in [2.05, 4.69) is 0 Å². The first-order chi connectivity index (χ1) is 43.7. The standard InChI is InChI=1S/C33H30Cl2O10S2.C33H34Cl2O8S2/c34-24-8-12-30(35)29(18-24)33(36)21-5-9-25(10-6-21)45-31-16-22-7-11-28(46(37,38)43-19-26-3-1-13-41-26)15-23(22)17-32(31)47(39,40)44-20-27-4-2-14-42-27;1-5-21(3)19-41-44(37,38)28-13-9-24-16-31(32(17-25(24)15-28)45(39,40)42-20-22(4)6-2)43-27-11-7-23(8-12-27)33(36)29-18-26(34)10-14-30(29)35/h5-12,15-18,26-27H,1-4,13-14,19-20H2;7-18,21-22H,5-6,19-20H2,1-4H3. The minimum atomic E-state index is -4.41. The van der Waals surface area contributed by atoms with Crippen molar-refractivity contribution in [3.05, 3.63) is 188 Å².